The summed E-state index contributed by atoms with van der Waals surface area (Å²) in [5, 5.41) is 3.49. The van der Waals surface area contributed by atoms with Gasteiger partial charge in [0.25, 0.3) is 0 Å². The first-order valence-electron chi connectivity index (χ1n) is 6.13. The third kappa shape index (κ3) is 3.19. The van der Waals surface area contributed by atoms with Crippen LogP contribution in [0.4, 0.5) is 5.69 Å². The zero-order valence-electron chi connectivity index (χ0n) is 10.1. The Morgan fingerprint density at radius 3 is 2.71 bits per heavy atom. The maximum Gasteiger partial charge on any atom is 0.220 e. The second-order valence-electron chi connectivity index (χ2n) is 4.78. The predicted octanol–water partition coefficient (Wildman–Crippen LogP) is 1.85. The summed E-state index contributed by atoms with van der Waals surface area (Å²) in [6.45, 7) is 1.98. The van der Waals surface area contributed by atoms with Gasteiger partial charge in [-0.15, -0.1) is 0 Å². The van der Waals surface area contributed by atoms with E-state index in [1.54, 1.807) is 0 Å². The van der Waals surface area contributed by atoms with Gasteiger partial charge in [-0.1, -0.05) is 0 Å². The lowest BCUT2D eigenvalue weighted by molar-refractivity contribution is -0.122. The monoisotopic (exact) mass is 233 g/mol. The van der Waals surface area contributed by atoms with Crippen molar-refractivity contribution in [2.75, 3.05) is 5.32 Å². The number of aromatic nitrogens is 1. The van der Waals surface area contributed by atoms with Crippen molar-refractivity contribution in [1.82, 2.24) is 4.98 Å². The number of carbonyl (C=O) groups is 1. The van der Waals surface area contributed by atoms with Crippen LogP contribution in [-0.2, 0) is 4.79 Å². The molecule has 0 atom stereocenters. The molecule has 0 radical (unpaired) electrons. The summed E-state index contributed by atoms with van der Waals surface area (Å²) in [7, 11) is 0. The summed E-state index contributed by atoms with van der Waals surface area (Å²) in [6.07, 6.45) is 5.63. The van der Waals surface area contributed by atoms with E-state index in [0.717, 1.165) is 37.1 Å². The van der Waals surface area contributed by atoms with Crippen molar-refractivity contribution in [2.45, 2.75) is 38.6 Å². The fourth-order valence-corrected chi connectivity index (χ4v) is 2.39. The van der Waals surface area contributed by atoms with Gasteiger partial charge in [0.1, 0.15) is 0 Å². The summed E-state index contributed by atoms with van der Waals surface area (Å²) < 4.78 is 0. The van der Waals surface area contributed by atoms with E-state index in [1.165, 1.54) is 0 Å². The van der Waals surface area contributed by atoms with Crippen LogP contribution in [0.2, 0.25) is 0 Å². The summed E-state index contributed by atoms with van der Waals surface area (Å²) in [5.74, 6) is -0.0737. The minimum atomic E-state index is -0.150. The van der Waals surface area contributed by atoms with Crippen LogP contribution in [0, 0.1) is 12.8 Å². The molecule has 0 unspecified atom stereocenters. The van der Waals surface area contributed by atoms with Gasteiger partial charge in [0, 0.05) is 29.5 Å². The summed E-state index contributed by atoms with van der Waals surface area (Å²) >= 11 is 0. The molecule has 4 nitrogen and oxygen atoms in total. The second-order valence-corrected chi connectivity index (χ2v) is 4.78. The highest BCUT2D eigenvalue weighted by molar-refractivity contribution is 5.76. The fourth-order valence-electron chi connectivity index (χ4n) is 2.39. The van der Waals surface area contributed by atoms with E-state index in [4.69, 9.17) is 5.73 Å². The lowest BCUT2D eigenvalue weighted by atomic mass is 9.85. The number of nitrogens with two attached hydrogens (primary N) is 1. The summed E-state index contributed by atoms with van der Waals surface area (Å²) in [6, 6.07) is 4.47. The van der Waals surface area contributed by atoms with Crippen molar-refractivity contribution >= 4 is 11.6 Å². The highest BCUT2D eigenvalue weighted by Gasteiger charge is 2.24. The first kappa shape index (κ1) is 11.9. The zero-order valence-corrected chi connectivity index (χ0v) is 10.1. The minimum absolute atomic E-state index is 0.0761. The lowest BCUT2D eigenvalue weighted by Crippen LogP contribution is -2.32. The Bertz CT molecular complexity index is 397. The quantitative estimate of drug-likeness (QED) is 0.837. The molecule has 1 aliphatic rings. The largest absolute Gasteiger partial charge is 0.382 e. The number of primary amides is 1. The third-order valence-corrected chi connectivity index (χ3v) is 3.40. The normalized spacial score (nSPS) is 24.3. The topological polar surface area (TPSA) is 68.0 Å². The smallest absolute Gasteiger partial charge is 0.220 e. The molecule has 1 saturated carbocycles. The van der Waals surface area contributed by atoms with Gasteiger partial charge in [0.2, 0.25) is 5.91 Å². The second kappa shape index (κ2) is 5.17. The van der Waals surface area contributed by atoms with Crippen LogP contribution in [0.25, 0.3) is 0 Å². The Morgan fingerprint density at radius 2 is 2.12 bits per heavy atom. The maximum atomic E-state index is 11.1. The highest BCUT2D eigenvalue weighted by atomic mass is 16.1. The van der Waals surface area contributed by atoms with Crippen LogP contribution in [-0.4, -0.2) is 16.9 Å². The van der Waals surface area contributed by atoms with Gasteiger partial charge in [0.05, 0.1) is 0 Å². The Kier molecular flexibility index (Phi) is 3.61. The van der Waals surface area contributed by atoms with Gasteiger partial charge >= 0.3 is 0 Å². The minimum Gasteiger partial charge on any atom is -0.382 e. The molecule has 3 N–H and O–H groups in total. The van der Waals surface area contributed by atoms with Gasteiger partial charge in [0.15, 0.2) is 0 Å². The number of pyridine rings is 1. The number of nitrogens with one attached hydrogen (secondary N) is 1. The Hall–Kier alpha value is -1.58. The van der Waals surface area contributed by atoms with Crippen molar-refractivity contribution in [3.05, 3.63) is 24.0 Å². The van der Waals surface area contributed by atoms with Crippen molar-refractivity contribution in [3.8, 4) is 0 Å². The molecule has 0 aliphatic heterocycles. The average molecular weight is 233 g/mol. The van der Waals surface area contributed by atoms with E-state index in [9.17, 15) is 4.79 Å². The van der Waals surface area contributed by atoms with Crippen LogP contribution in [0.15, 0.2) is 18.3 Å². The van der Waals surface area contributed by atoms with Crippen LogP contribution in [0.5, 0.6) is 0 Å². The first-order valence-corrected chi connectivity index (χ1v) is 6.13. The third-order valence-electron chi connectivity index (χ3n) is 3.40. The van der Waals surface area contributed by atoms with E-state index in [1.807, 2.05) is 25.3 Å². The van der Waals surface area contributed by atoms with Crippen LogP contribution in [0.3, 0.4) is 0 Å². The number of anilines is 1. The number of amides is 1. The van der Waals surface area contributed by atoms with Crippen molar-refractivity contribution in [1.29, 1.82) is 0 Å². The number of nitrogens with zero attached hydrogens (tertiary/aromatic N) is 1. The average Bonchev–Trinajstić information content (AvgIpc) is 2.29. The van der Waals surface area contributed by atoms with Crippen molar-refractivity contribution < 1.29 is 4.79 Å². The van der Waals surface area contributed by atoms with E-state index < -0.39 is 0 Å². The highest BCUT2D eigenvalue weighted by Crippen LogP contribution is 2.26. The Morgan fingerprint density at radius 1 is 1.41 bits per heavy atom. The standard InChI is InChI=1S/C13H19N3O/c1-9-8-12(6-7-15-9)16-11-4-2-10(3-5-11)13(14)17/h6-8,10-11H,2-5H2,1H3,(H2,14,17)(H,15,16). The SMILES string of the molecule is Cc1cc(NC2CCC(C(N)=O)CC2)ccn1. The molecule has 1 aromatic rings. The number of hydrogen-bond acceptors (Lipinski definition) is 3. The number of rotatable bonds is 3. The predicted molar refractivity (Wildman–Crippen MR) is 67.5 cm³/mol. The molecule has 1 fully saturated rings. The molecule has 2 rings (SSSR count). The number of carbonyl (C=O) groups excluding carboxylic acids is 1. The van der Waals surface area contributed by atoms with Crippen LogP contribution >= 0.6 is 0 Å². The number of hydrogen-bond donors (Lipinski definition) is 2. The van der Waals surface area contributed by atoms with E-state index in [-0.39, 0.29) is 11.8 Å². The van der Waals surface area contributed by atoms with Crippen LogP contribution < -0.4 is 11.1 Å². The molecule has 0 spiro atoms. The molecule has 0 bridgehead atoms. The molecule has 0 aromatic carbocycles. The molecule has 0 saturated heterocycles. The molecule has 1 heterocycles. The van der Waals surface area contributed by atoms with Gasteiger partial charge in [-0.2, -0.15) is 0 Å². The lowest BCUT2D eigenvalue weighted by Gasteiger charge is -2.28. The summed E-state index contributed by atoms with van der Waals surface area (Å²) in [5.41, 5.74) is 7.44. The zero-order chi connectivity index (χ0) is 12.3. The Balaban J connectivity index is 1.88. The molecule has 1 aromatic heterocycles. The molecule has 1 amide bonds. The number of aryl methyl sites for hydroxylation is 1. The molecule has 92 valence electrons. The summed E-state index contributed by atoms with van der Waals surface area (Å²) in [4.78, 5) is 15.2. The van der Waals surface area contributed by atoms with Crippen molar-refractivity contribution in [2.24, 2.45) is 11.7 Å². The molecule has 17 heavy (non-hydrogen) atoms. The maximum absolute atomic E-state index is 11.1. The van der Waals surface area contributed by atoms with E-state index in [0.29, 0.717) is 6.04 Å². The van der Waals surface area contributed by atoms with E-state index >= 15 is 0 Å². The fraction of sp³-hybridized carbons (Fsp3) is 0.538. The van der Waals surface area contributed by atoms with Crippen LogP contribution in [0.1, 0.15) is 31.4 Å². The van der Waals surface area contributed by atoms with Crippen molar-refractivity contribution in [3.63, 3.8) is 0 Å². The van der Waals surface area contributed by atoms with Gasteiger partial charge in [-0.25, -0.2) is 0 Å². The van der Waals surface area contributed by atoms with Gasteiger partial charge in [-0.05, 0) is 44.7 Å². The van der Waals surface area contributed by atoms with E-state index in [2.05, 4.69) is 10.3 Å². The van der Waals surface area contributed by atoms with Gasteiger partial charge in [-0.3, -0.25) is 9.78 Å². The molecular weight excluding hydrogens is 214 g/mol. The molecule has 4 heteroatoms. The molecule has 1 aliphatic carbocycles. The Labute approximate surface area is 102 Å². The van der Waals surface area contributed by atoms with Gasteiger partial charge < -0.3 is 11.1 Å². The molecular formula is C13H19N3O. The first-order chi connectivity index (χ1) is 8.15.